The van der Waals surface area contributed by atoms with Crippen LogP contribution < -0.4 is 11.5 Å². The monoisotopic (exact) mass is 339 g/mol. The molecule has 0 bridgehead atoms. The van der Waals surface area contributed by atoms with Crippen molar-refractivity contribution in [1.82, 2.24) is 15.0 Å². The van der Waals surface area contributed by atoms with Gasteiger partial charge in [0.25, 0.3) is 0 Å². The summed E-state index contributed by atoms with van der Waals surface area (Å²) in [5, 5.41) is 0. The van der Waals surface area contributed by atoms with E-state index in [1.807, 2.05) is 0 Å². The van der Waals surface area contributed by atoms with Crippen molar-refractivity contribution >= 4 is 23.9 Å². The molecule has 0 aliphatic carbocycles. The third kappa shape index (κ3) is 4.93. The Labute approximate surface area is 134 Å². The molecule has 0 saturated heterocycles. The van der Waals surface area contributed by atoms with Crippen LogP contribution in [0, 0.1) is 0 Å². The quantitative estimate of drug-likeness (QED) is 0.644. The van der Waals surface area contributed by atoms with E-state index in [4.69, 9.17) is 16.2 Å². The third-order valence-electron chi connectivity index (χ3n) is 2.71. The van der Waals surface area contributed by atoms with Crippen LogP contribution >= 0.6 is 0 Å². The minimum absolute atomic E-state index is 0.0799. The van der Waals surface area contributed by atoms with Crippen LogP contribution in [-0.2, 0) is 22.3 Å². The summed E-state index contributed by atoms with van der Waals surface area (Å²) < 4.78 is 42.1. The van der Waals surface area contributed by atoms with E-state index in [0.29, 0.717) is 5.56 Å². The van der Waals surface area contributed by atoms with Gasteiger partial charge in [0.2, 0.25) is 11.9 Å². The van der Waals surface area contributed by atoms with Crippen molar-refractivity contribution in [3.8, 4) is 0 Å². The standard InChI is InChI=1S/C14H12F3N5O2/c15-14(16,17)9-4-1-8(2-5-9)3-6-11(23)24-7-10-20-12(18)22-13(19)21-10/h1-6H,7H2,(H4,18,19,20,21,22)/b6-3+. The third-order valence-corrected chi connectivity index (χ3v) is 2.71. The van der Waals surface area contributed by atoms with Crippen LogP contribution in [0.2, 0.25) is 0 Å². The van der Waals surface area contributed by atoms with Gasteiger partial charge in [-0.1, -0.05) is 12.1 Å². The maximum atomic E-state index is 12.4. The number of anilines is 2. The minimum Gasteiger partial charge on any atom is -0.454 e. The molecule has 0 fully saturated rings. The Kier molecular flexibility index (Phi) is 4.97. The van der Waals surface area contributed by atoms with Gasteiger partial charge >= 0.3 is 12.1 Å². The zero-order chi connectivity index (χ0) is 17.7. The van der Waals surface area contributed by atoms with E-state index < -0.39 is 17.7 Å². The highest BCUT2D eigenvalue weighted by Gasteiger charge is 2.29. The first-order valence-corrected chi connectivity index (χ1v) is 6.52. The molecule has 1 aromatic carbocycles. The summed E-state index contributed by atoms with van der Waals surface area (Å²) in [6.07, 6.45) is -2.02. The van der Waals surface area contributed by atoms with Crippen molar-refractivity contribution in [1.29, 1.82) is 0 Å². The van der Waals surface area contributed by atoms with Crippen LogP contribution in [0.1, 0.15) is 17.0 Å². The average molecular weight is 339 g/mol. The summed E-state index contributed by atoms with van der Waals surface area (Å²) in [7, 11) is 0. The summed E-state index contributed by atoms with van der Waals surface area (Å²) in [4.78, 5) is 22.6. The number of rotatable bonds is 4. The van der Waals surface area contributed by atoms with Gasteiger partial charge in [-0.15, -0.1) is 0 Å². The van der Waals surface area contributed by atoms with Crippen molar-refractivity contribution in [3.05, 3.63) is 47.3 Å². The van der Waals surface area contributed by atoms with Crippen molar-refractivity contribution < 1.29 is 22.7 Å². The normalized spacial score (nSPS) is 11.6. The average Bonchev–Trinajstić information content (AvgIpc) is 2.49. The Morgan fingerprint density at radius 2 is 1.67 bits per heavy atom. The number of esters is 1. The van der Waals surface area contributed by atoms with E-state index >= 15 is 0 Å². The topological polar surface area (TPSA) is 117 Å². The summed E-state index contributed by atoms with van der Waals surface area (Å²) in [5.74, 6) is -0.855. The molecule has 126 valence electrons. The molecular formula is C14H12F3N5O2. The lowest BCUT2D eigenvalue weighted by Gasteiger charge is -2.06. The van der Waals surface area contributed by atoms with Crippen LogP contribution in [0.5, 0.6) is 0 Å². The molecule has 0 aliphatic heterocycles. The largest absolute Gasteiger partial charge is 0.454 e. The van der Waals surface area contributed by atoms with Crippen LogP contribution in [0.25, 0.3) is 6.08 Å². The molecule has 7 nitrogen and oxygen atoms in total. The van der Waals surface area contributed by atoms with Gasteiger partial charge in [-0.25, -0.2) is 4.79 Å². The molecule has 0 spiro atoms. The van der Waals surface area contributed by atoms with Gasteiger partial charge in [-0.3, -0.25) is 0 Å². The number of halogens is 3. The Balaban J connectivity index is 1.93. The van der Waals surface area contributed by atoms with Crippen LogP contribution in [0.15, 0.2) is 30.3 Å². The van der Waals surface area contributed by atoms with E-state index in [9.17, 15) is 18.0 Å². The molecule has 2 aromatic rings. The Morgan fingerprint density at radius 3 is 2.21 bits per heavy atom. The molecule has 2 rings (SSSR count). The molecule has 24 heavy (non-hydrogen) atoms. The van der Waals surface area contributed by atoms with Crippen molar-refractivity contribution in [2.45, 2.75) is 12.8 Å². The molecule has 1 heterocycles. The number of ether oxygens (including phenoxy) is 1. The first-order chi connectivity index (χ1) is 11.2. The van der Waals surface area contributed by atoms with Crippen molar-refractivity contribution in [2.24, 2.45) is 0 Å². The Hall–Kier alpha value is -3.17. The number of hydrogen-bond donors (Lipinski definition) is 2. The fraction of sp³-hybridized carbons (Fsp3) is 0.143. The lowest BCUT2D eigenvalue weighted by atomic mass is 10.1. The zero-order valence-electron chi connectivity index (χ0n) is 12.1. The molecule has 0 atom stereocenters. The van der Waals surface area contributed by atoms with Gasteiger partial charge in [0.1, 0.15) is 0 Å². The van der Waals surface area contributed by atoms with E-state index in [2.05, 4.69) is 15.0 Å². The number of nitrogen functional groups attached to an aromatic ring is 2. The Bertz CT molecular complexity index is 740. The predicted octanol–water partition coefficient (Wildman–Crippen LogP) is 1.81. The number of carbonyl (C=O) groups excluding carboxylic acids is 1. The number of benzene rings is 1. The number of aromatic nitrogens is 3. The number of hydrogen-bond acceptors (Lipinski definition) is 7. The van der Waals surface area contributed by atoms with Gasteiger partial charge in [0, 0.05) is 6.08 Å². The lowest BCUT2D eigenvalue weighted by molar-refractivity contribution is -0.139. The maximum absolute atomic E-state index is 12.4. The highest BCUT2D eigenvalue weighted by atomic mass is 19.4. The number of nitrogens with two attached hydrogens (primary N) is 2. The summed E-state index contributed by atoms with van der Waals surface area (Å²) in [5.41, 5.74) is 10.4. The molecule has 0 saturated carbocycles. The molecule has 4 N–H and O–H groups in total. The van der Waals surface area contributed by atoms with Gasteiger partial charge in [0.15, 0.2) is 12.4 Å². The first kappa shape index (κ1) is 17.2. The molecular weight excluding hydrogens is 327 g/mol. The summed E-state index contributed by atoms with van der Waals surface area (Å²) >= 11 is 0. The summed E-state index contributed by atoms with van der Waals surface area (Å²) in [6, 6.07) is 4.31. The fourth-order valence-electron chi connectivity index (χ4n) is 1.65. The second kappa shape index (κ2) is 6.94. The maximum Gasteiger partial charge on any atom is 0.416 e. The molecule has 10 heteroatoms. The summed E-state index contributed by atoms with van der Waals surface area (Å²) in [6.45, 7) is -0.271. The highest BCUT2D eigenvalue weighted by Crippen LogP contribution is 2.29. The molecule has 0 amide bonds. The van der Waals surface area contributed by atoms with Crippen LogP contribution in [0.3, 0.4) is 0 Å². The molecule has 0 radical (unpaired) electrons. The fourth-order valence-corrected chi connectivity index (χ4v) is 1.65. The van der Waals surface area contributed by atoms with E-state index in [0.717, 1.165) is 18.2 Å². The molecule has 0 unspecified atom stereocenters. The second-order valence-electron chi connectivity index (χ2n) is 4.53. The van der Waals surface area contributed by atoms with Gasteiger partial charge in [-0.2, -0.15) is 28.1 Å². The Morgan fingerprint density at radius 1 is 1.08 bits per heavy atom. The number of nitrogens with zero attached hydrogens (tertiary/aromatic N) is 3. The van der Waals surface area contributed by atoms with E-state index in [-0.39, 0.29) is 24.3 Å². The molecule has 0 aliphatic rings. The second-order valence-corrected chi connectivity index (χ2v) is 4.53. The van der Waals surface area contributed by atoms with Gasteiger partial charge in [-0.05, 0) is 23.8 Å². The van der Waals surface area contributed by atoms with Crippen LogP contribution in [-0.4, -0.2) is 20.9 Å². The number of carbonyl (C=O) groups is 1. The SMILES string of the molecule is Nc1nc(N)nc(COC(=O)/C=C/c2ccc(C(F)(F)F)cc2)n1. The van der Waals surface area contributed by atoms with Crippen molar-refractivity contribution in [3.63, 3.8) is 0 Å². The lowest BCUT2D eigenvalue weighted by Crippen LogP contribution is -2.09. The predicted molar refractivity (Wildman–Crippen MR) is 78.9 cm³/mol. The highest BCUT2D eigenvalue weighted by molar-refractivity contribution is 5.87. The smallest absolute Gasteiger partial charge is 0.416 e. The van der Waals surface area contributed by atoms with E-state index in [1.54, 1.807) is 0 Å². The van der Waals surface area contributed by atoms with Gasteiger partial charge in [0.05, 0.1) is 5.56 Å². The van der Waals surface area contributed by atoms with Crippen LogP contribution in [0.4, 0.5) is 25.1 Å². The first-order valence-electron chi connectivity index (χ1n) is 6.52. The molecule has 1 aromatic heterocycles. The van der Waals surface area contributed by atoms with E-state index in [1.165, 1.54) is 18.2 Å². The number of alkyl halides is 3. The zero-order valence-corrected chi connectivity index (χ0v) is 12.1. The van der Waals surface area contributed by atoms with Crippen molar-refractivity contribution in [2.75, 3.05) is 11.5 Å². The minimum atomic E-state index is -4.41. The van der Waals surface area contributed by atoms with Gasteiger partial charge < -0.3 is 16.2 Å².